The molecule has 0 aromatic carbocycles. The fraction of sp³-hybridized carbons (Fsp3) is 0.600. The number of hydrogen-bond acceptors (Lipinski definition) is 0. The standard InChI is InChI=1S/C15H19/c1-5-8-10-12-14-15(4,7-3)13-11-9-6-2/h5-6,8,13-14H2,1-2,4H3. The summed E-state index contributed by atoms with van der Waals surface area (Å²) < 4.78 is 0. The molecule has 1 atom stereocenters. The summed E-state index contributed by atoms with van der Waals surface area (Å²) in [4.78, 5) is 0. The first kappa shape index (κ1) is 13.7. The molecule has 0 aromatic heterocycles. The predicted molar refractivity (Wildman–Crippen MR) is 65.2 cm³/mol. The Kier molecular flexibility index (Phi) is 7.32. The molecule has 0 aliphatic rings. The molecule has 0 aliphatic carbocycles. The highest BCUT2D eigenvalue weighted by molar-refractivity contribution is 5.15. The van der Waals surface area contributed by atoms with E-state index >= 15 is 0 Å². The number of hydrogen-bond donors (Lipinski definition) is 0. The van der Waals surface area contributed by atoms with Gasteiger partial charge in [-0.25, -0.2) is 0 Å². The Labute approximate surface area is 94.8 Å². The van der Waals surface area contributed by atoms with E-state index in [1.54, 1.807) is 0 Å². The smallest absolute Gasteiger partial charge is 0.0514 e. The van der Waals surface area contributed by atoms with Crippen LogP contribution in [0.25, 0.3) is 0 Å². The Bertz CT molecular complexity index is 321. The first-order valence-electron chi connectivity index (χ1n) is 5.54. The summed E-state index contributed by atoms with van der Waals surface area (Å²) in [5.74, 6) is 14.8. The molecule has 15 heavy (non-hydrogen) atoms. The Morgan fingerprint density at radius 1 is 1.00 bits per heavy atom. The maximum Gasteiger partial charge on any atom is 0.0514 e. The van der Waals surface area contributed by atoms with Gasteiger partial charge < -0.3 is 0 Å². The molecule has 0 fully saturated rings. The van der Waals surface area contributed by atoms with E-state index in [1.165, 1.54) is 0 Å². The molecule has 0 rings (SSSR count). The van der Waals surface area contributed by atoms with Crippen LogP contribution in [0.3, 0.4) is 0 Å². The van der Waals surface area contributed by atoms with E-state index < -0.39 is 0 Å². The normalized spacial score (nSPS) is 12.4. The van der Waals surface area contributed by atoms with Crippen molar-refractivity contribution in [2.45, 2.75) is 52.9 Å². The van der Waals surface area contributed by atoms with Crippen molar-refractivity contribution >= 4 is 0 Å². The molecule has 0 heteroatoms. The summed E-state index contributed by atoms with van der Waals surface area (Å²) >= 11 is 0. The number of unbranched alkanes of at least 4 members (excludes halogenated alkanes) is 1. The van der Waals surface area contributed by atoms with Crippen LogP contribution in [-0.2, 0) is 0 Å². The molecule has 0 aromatic rings. The van der Waals surface area contributed by atoms with E-state index in [4.69, 9.17) is 6.42 Å². The van der Waals surface area contributed by atoms with Crippen LogP contribution in [0, 0.1) is 41.4 Å². The van der Waals surface area contributed by atoms with Crippen molar-refractivity contribution in [1.29, 1.82) is 0 Å². The van der Waals surface area contributed by atoms with E-state index in [-0.39, 0.29) is 5.41 Å². The summed E-state index contributed by atoms with van der Waals surface area (Å²) in [7, 11) is 0. The second-order valence-corrected chi connectivity index (χ2v) is 3.85. The molecule has 0 saturated heterocycles. The van der Waals surface area contributed by atoms with Gasteiger partial charge in [0.05, 0.1) is 5.41 Å². The minimum absolute atomic E-state index is 0.289. The maximum atomic E-state index is 7.29. The Balaban J connectivity index is 4.22. The lowest BCUT2D eigenvalue weighted by atomic mass is 9.85. The zero-order chi connectivity index (χ0) is 11.6. The van der Waals surface area contributed by atoms with Crippen molar-refractivity contribution < 1.29 is 0 Å². The van der Waals surface area contributed by atoms with Crippen molar-refractivity contribution in [3.8, 4) is 29.6 Å². The lowest BCUT2D eigenvalue weighted by molar-refractivity contribution is 0.477. The van der Waals surface area contributed by atoms with Crippen LogP contribution >= 0.6 is 0 Å². The molecule has 0 saturated carbocycles. The molecule has 0 heterocycles. The first-order valence-corrected chi connectivity index (χ1v) is 5.54. The van der Waals surface area contributed by atoms with Gasteiger partial charge in [-0.2, -0.15) is 0 Å². The van der Waals surface area contributed by atoms with Crippen LogP contribution in [0.2, 0.25) is 0 Å². The lowest BCUT2D eigenvalue weighted by Crippen LogP contribution is -2.11. The van der Waals surface area contributed by atoms with Gasteiger partial charge >= 0.3 is 0 Å². The van der Waals surface area contributed by atoms with Crippen LogP contribution in [0.1, 0.15) is 52.9 Å². The summed E-state index contributed by atoms with van der Waals surface area (Å²) in [6.07, 6.45) is 11.6. The molecular weight excluding hydrogens is 180 g/mol. The highest BCUT2D eigenvalue weighted by Gasteiger charge is 2.18. The average Bonchev–Trinajstić information content (AvgIpc) is 2.25. The fourth-order valence-electron chi connectivity index (χ4n) is 1.00. The Morgan fingerprint density at radius 2 is 1.60 bits per heavy atom. The van der Waals surface area contributed by atoms with Gasteiger partial charge in [0.15, 0.2) is 0 Å². The third kappa shape index (κ3) is 6.71. The number of rotatable bonds is 3. The molecule has 1 radical (unpaired) electrons. The zero-order valence-corrected chi connectivity index (χ0v) is 10.0. The molecule has 0 spiro atoms. The molecular formula is C15H19. The van der Waals surface area contributed by atoms with Gasteiger partial charge in [-0.15, -0.1) is 23.7 Å². The van der Waals surface area contributed by atoms with Gasteiger partial charge in [0, 0.05) is 25.7 Å². The molecule has 1 unspecified atom stereocenters. The summed E-state index contributed by atoms with van der Waals surface area (Å²) in [6.45, 7) is 6.13. The summed E-state index contributed by atoms with van der Waals surface area (Å²) in [5.41, 5.74) is -0.289. The van der Waals surface area contributed by atoms with Gasteiger partial charge in [-0.3, -0.25) is 0 Å². The molecule has 79 valence electrons. The van der Waals surface area contributed by atoms with E-state index in [1.807, 2.05) is 13.8 Å². The fourth-order valence-corrected chi connectivity index (χ4v) is 1.00. The monoisotopic (exact) mass is 199 g/mol. The third-order valence-corrected chi connectivity index (χ3v) is 2.06. The minimum Gasteiger partial charge on any atom is -0.104 e. The molecule has 0 N–H and O–H groups in total. The Hall–Kier alpha value is -1.32. The van der Waals surface area contributed by atoms with Crippen LogP contribution in [-0.4, -0.2) is 0 Å². The van der Waals surface area contributed by atoms with Gasteiger partial charge in [0.1, 0.15) is 0 Å². The van der Waals surface area contributed by atoms with E-state index in [0.717, 1.165) is 19.3 Å². The molecule has 0 bridgehead atoms. The summed E-state index contributed by atoms with van der Waals surface area (Å²) in [5, 5.41) is 0. The van der Waals surface area contributed by atoms with Crippen molar-refractivity contribution in [2.75, 3.05) is 0 Å². The van der Waals surface area contributed by atoms with E-state index in [9.17, 15) is 0 Å². The van der Waals surface area contributed by atoms with Crippen molar-refractivity contribution in [3.05, 3.63) is 6.42 Å². The third-order valence-electron chi connectivity index (χ3n) is 2.06. The van der Waals surface area contributed by atoms with Gasteiger partial charge in [0.25, 0.3) is 0 Å². The van der Waals surface area contributed by atoms with Crippen molar-refractivity contribution in [2.24, 2.45) is 5.41 Å². The lowest BCUT2D eigenvalue weighted by Gasteiger charge is -2.16. The highest BCUT2D eigenvalue weighted by Crippen LogP contribution is 2.23. The molecule has 0 nitrogen and oxygen atoms in total. The Morgan fingerprint density at radius 3 is 2.07 bits per heavy atom. The van der Waals surface area contributed by atoms with Gasteiger partial charge in [0.2, 0.25) is 0 Å². The first-order chi connectivity index (χ1) is 7.18. The predicted octanol–water partition coefficient (Wildman–Crippen LogP) is 3.58. The molecule has 0 amide bonds. The largest absolute Gasteiger partial charge is 0.104 e. The maximum absolute atomic E-state index is 7.29. The topological polar surface area (TPSA) is 0 Å². The van der Waals surface area contributed by atoms with Crippen molar-refractivity contribution in [1.82, 2.24) is 0 Å². The van der Waals surface area contributed by atoms with Crippen LogP contribution < -0.4 is 0 Å². The van der Waals surface area contributed by atoms with Crippen LogP contribution in [0.15, 0.2) is 0 Å². The SMILES string of the molecule is [C]#CC(C)(CC#CCC)CC#CCCC. The van der Waals surface area contributed by atoms with E-state index in [2.05, 4.69) is 36.5 Å². The molecule has 0 aliphatic heterocycles. The second kappa shape index (κ2) is 8.03. The second-order valence-electron chi connectivity index (χ2n) is 3.85. The van der Waals surface area contributed by atoms with E-state index in [0.29, 0.717) is 12.8 Å². The van der Waals surface area contributed by atoms with Crippen LogP contribution in [0.4, 0.5) is 0 Å². The summed E-state index contributed by atoms with van der Waals surface area (Å²) in [6, 6.07) is 0. The minimum atomic E-state index is -0.289. The van der Waals surface area contributed by atoms with Gasteiger partial charge in [-0.1, -0.05) is 19.8 Å². The van der Waals surface area contributed by atoms with Crippen LogP contribution in [0.5, 0.6) is 0 Å². The zero-order valence-electron chi connectivity index (χ0n) is 10.0. The quantitative estimate of drug-likeness (QED) is 0.609. The van der Waals surface area contributed by atoms with Gasteiger partial charge in [-0.05, 0) is 19.8 Å². The highest BCUT2D eigenvalue weighted by atomic mass is 14.2. The van der Waals surface area contributed by atoms with Crippen molar-refractivity contribution in [3.63, 3.8) is 0 Å². The average molecular weight is 199 g/mol.